The quantitative estimate of drug-likeness (QED) is 0.283. The summed E-state index contributed by atoms with van der Waals surface area (Å²) in [5.74, 6) is 6.43. The molecule has 0 saturated heterocycles. The highest BCUT2D eigenvalue weighted by Crippen LogP contribution is 2.36. The number of hydrogen-bond acceptors (Lipinski definition) is 1. The van der Waals surface area contributed by atoms with Gasteiger partial charge in [-0.3, -0.25) is 0 Å². The van der Waals surface area contributed by atoms with Gasteiger partial charge in [0.05, 0.1) is 0 Å². The Morgan fingerprint density at radius 1 is 1.15 bits per heavy atom. The molecule has 0 heterocycles. The lowest BCUT2D eigenvalue weighted by Gasteiger charge is -2.36. The molecule has 20 heavy (non-hydrogen) atoms. The molecule has 1 nitrogen and oxygen atoms in total. The molecule has 0 fully saturated rings. The van der Waals surface area contributed by atoms with Crippen molar-refractivity contribution in [3.05, 3.63) is 33.4 Å². The minimum absolute atomic E-state index is 0.292. The highest BCUT2D eigenvalue weighted by Gasteiger charge is 2.36. The molecule has 0 spiro atoms. The Balaban J connectivity index is 2.31. The van der Waals surface area contributed by atoms with Gasteiger partial charge >= 0.3 is 0 Å². The van der Waals surface area contributed by atoms with Crippen LogP contribution >= 0.6 is 22.6 Å². The zero-order valence-electron chi connectivity index (χ0n) is 13.2. The van der Waals surface area contributed by atoms with Crippen molar-refractivity contribution < 1.29 is 4.43 Å². The van der Waals surface area contributed by atoms with E-state index in [1.54, 1.807) is 0 Å². The summed E-state index contributed by atoms with van der Waals surface area (Å²) in [4.78, 5) is 0. The first kappa shape index (κ1) is 17.7. The van der Waals surface area contributed by atoms with Gasteiger partial charge in [-0.25, -0.2) is 0 Å². The highest BCUT2D eigenvalue weighted by atomic mass is 127. The third-order valence-electron chi connectivity index (χ3n) is 3.79. The number of rotatable bonds is 4. The van der Waals surface area contributed by atoms with Crippen LogP contribution in [0, 0.1) is 15.4 Å². The molecule has 3 heteroatoms. The summed E-state index contributed by atoms with van der Waals surface area (Å²) in [5.41, 5.74) is 1.09. The van der Waals surface area contributed by atoms with Crippen LogP contribution in [0.5, 0.6) is 0 Å². The van der Waals surface area contributed by atoms with Crippen LogP contribution in [-0.4, -0.2) is 14.9 Å². The second-order valence-electron chi connectivity index (χ2n) is 6.52. The van der Waals surface area contributed by atoms with Gasteiger partial charge < -0.3 is 4.43 Å². The molecule has 0 unspecified atom stereocenters. The minimum atomic E-state index is -1.58. The first-order valence-electron chi connectivity index (χ1n) is 7.11. The fourth-order valence-corrected chi connectivity index (χ4v) is 2.85. The molecule has 110 valence electrons. The summed E-state index contributed by atoms with van der Waals surface area (Å²) in [7, 11) is -1.58. The van der Waals surface area contributed by atoms with Gasteiger partial charge in [-0.05, 0) is 71.4 Å². The van der Waals surface area contributed by atoms with E-state index in [0.717, 1.165) is 25.0 Å². The third kappa shape index (κ3) is 5.98. The molecule has 0 aromatic heterocycles. The Hall–Kier alpha value is -0.313. The summed E-state index contributed by atoms with van der Waals surface area (Å²) in [6.07, 6.45) is 1.92. The van der Waals surface area contributed by atoms with Gasteiger partial charge in [-0.2, -0.15) is 0 Å². The molecule has 1 aromatic carbocycles. The molecule has 0 aliphatic heterocycles. The number of halogens is 1. The number of unbranched alkanes of at least 4 members (excludes halogenated alkanes) is 1. The van der Waals surface area contributed by atoms with Gasteiger partial charge in [0.15, 0.2) is 8.32 Å². The molecule has 1 aromatic rings. The van der Waals surface area contributed by atoms with Crippen LogP contribution in [-0.2, 0) is 4.43 Å². The summed E-state index contributed by atoms with van der Waals surface area (Å²) in [6.45, 7) is 12.2. The zero-order valence-corrected chi connectivity index (χ0v) is 16.4. The molecular weight excluding hydrogens is 375 g/mol. The van der Waals surface area contributed by atoms with Crippen molar-refractivity contribution in [2.75, 3.05) is 6.61 Å². The molecular formula is C17H25IOSi. The Labute approximate surface area is 138 Å². The smallest absolute Gasteiger partial charge is 0.191 e. The maximum atomic E-state index is 6.13. The normalized spacial score (nSPS) is 11.9. The molecule has 0 aliphatic rings. The van der Waals surface area contributed by atoms with Crippen LogP contribution < -0.4 is 0 Å². The average molecular weight is 400 g/mol. The average Bonchev–Trinajstić information content (AvgIpc) is 2.34. The molecule has 0 amide bonds. The van der Waals surface area contributed by atoms with E-state index in [-0.39, 0.29) is 0 Å². The van der Waals surface area contributed by atoms with Crippen molar-refractivity contribution in [1.82, 2.24) is 0 Å². The largest absolute Gasteiger partial charge is 0.417 e. The first-order chi connectivity index (χ1) is 9.22. The minimum Gasteiger partial charge on any atom is -0.417 e. The number of benzene rings is 1. The van der Waals surface area contributed by atoms with Crippen molar-refractivity contribution >= 4 is 30.9 Å². The lowest BCUT2D eigenvalue weighted by atomic mass is 10.2. The van der Waals surface area contributed by atoms with E-state index < -0.39 is 8.32 Å². The Bertz CT molecular complexity index is 474. The van der Waals surface area contributed by atoms with E-state index in [2.05, 4.69) is 92.6 Å². The van der Waals surface area contributed by atoms with Crippen molar-refractivity contribution in [3.8, 4) is 11.8 Å². The van der Waals surface area contributed by atoms with Crippen LogP contribution in [0.1, 0.15) is 39.2 Å². The lowest BCUT2D eigenvalue weighted by Crippen LogP contribution is -2.40. The van der Waals surface area contributed by atoms with Gasteiger partial charge in [0, 0.05) is 22.2 Å². The second-order valence-corrected chi connectivity index (χ2v) is 12.6. The highest BCUT2D eigenvalue weighted by molar-refractivity contribution is 14.1. The van der Waals surface area contributed by atoms with Crippen LogP contribution in [0.15, 0.2) is 24.3 Å². The van der Waals surface area contributed by atoms with E-state index in [0.29, 0.717) is 5.04 Å². The van der Waals surface area contributed by atoms with E-state index in [9.17, 15) is 0 Å². The van der Waals surface area contributed by atoms with Gasteiger partial charge in [0.25, 0.3) is 0 Å². The summed E-state index contributed by atoms with van der Waals surface area (Å²) in [5, 5.41) is 0.292. The van der Waals surface area contributed by atoms with Gasteiger partial charge in [0.2, 0.25) is 0 Å². The third-order valence-corrected chi connectivity index (χ3v) is 9.05. The van der Waals surface area contributed by atoms with Crippen molar-refractivity contribution in [3.63, 3.8) is 0 Å². The fraction of sp³-hybridized carbons (Fsp3) is 0.529. The monoisotopic (exact) mass is 400 g/mol. The predicted octanol–water partition coefficient (Wildman–Crippen LogP) is 5.44. The topological polar surface area (TPSA) is 9.23 Å². The summed E-state index contributed by atoms with van der Waals surface area (Å²) in [6, 6.07) is 8.32. The van der Waals surface area contributed by atoms with Crippen molar-refractivity contribution in [1.29, 1.82) is 0 Å². The maximum Gasteiger partial charge on any atom is 0.191 e. The Kier molecular flexibility index (Phi) is 6.76. The zero-order chi connectivity index (χ0) is 15.2. The Morgan fingerprint density at radius 2 is 1.75 bits per heavy atom. The van der Waals surface area contributed by atoms with E-state index in [4.69, 9.17) is 4.43 Å². The molecule has 0 saturated carbocycles. The molecule has 0 radical (unpaired) electrons. The van der Waals surface area contributed by atoms with E-state index >= 15 is 0 Å². The van der Waals surface area contributed by atoms with Crippen LogP contribution in [0.2, 0.25) is 18.1 Å². The molecule has 0 atom stereocenters. The van der Waals surface area contributed by atoms with Gasteiger partial charge in [-0.1, -0.05) is 32.6 Å². The molecule has 0 aliphatic carbocycles. The van der Waals surface area contributed by atoms with Crippen molar-refractivity contribution in [2.24, 2.45) is 0 Å². The molecule has 0 N–H and O–H groups in total. The predicted molar refractivity (Wildman–Crippen MR) is 98.4 cm³/mol. The lowest BCUT2D eigenvalue weighted by molar-refractivity contribution is 0.284. The first-order valence-corrected chi connectivity index (χ1v) is 11.1. The Morgan fingerprint density at radius 3 is 2.30 bits per heavy atom. The van der Waals surface area contributed by atoms with E-state index in [1.165, 1.54) is 3.57 Å². The summed E-state index contributed by atoms with van der Waals surface area (Å²) < 4.78 is 7.38. The van der Waals surface area contributed by atoms with Crippen LogP contribution in [0.3, 0.4) is 0 Å². The van der Waals surface area contributed by atoms with Crippen molar-refractivity contribution in [2.45, 2.75) is 51.7 Å². The fourth-order valence-electron chi connectivity index (χ4n) is 1.40. The van der Waals surface area contributed by atoms with Crippen LogP contribution in [0.25, 0.3) is 0 Å². The maximum absolute atomic E-state index is 6.13. The van der Waals surface area contributed by atoms with Gasteiger partial charge in [-0.15, -0.1) is 0 Å². The molecule has 1 rings (SSSR count). The van der Waals surface area contributed by atoms with E-state index in [1.807, 2.05) is 0 Å². The standard InChI is InChI=1S/C17H25IOSi/c1-17(2,3)20(4,5)19-14-8-6-7-9-15-10-12-16(18)13-11-15/h10-13H,6,8,14H2,1-5H3. The number of hydrogen-bond donors (Lipinski definition) is 0. The van der Waals surface area contributed by atoms with Crippen LogP contribution in [0.4, 0.5) is 0 Å². The second kappa shape index (κ2) is 7.63. The van der Waals surface area contributed by atoms with Gasteiger partial charge in [0.1, 0.15) is 0 Å². The summed E-state index contributed by atoms with van der Waals surface area (Å²) >= 11 is 2.31. The molecule has 0 bridgehead atoms. The SMILES string of the molecule is CC(C)(C)[Si](C)(C)OCCCC#Cc1ccc(I)cc1.